The van der Waals surface area contributed by atoms with Gasteiger partial charge in [-0.25, -0.2) is 4.39 Å². The van der Waals surface area contributed by atoms with Crippen molar-refractivity contribution in [3.63, 3.8) is 0 Å². The maximum absolute atomic E-state index is 13.7. The summed E-state index contributed by atoms with van der Waals surface area (Å²) in [6.45, 7) is 0.782. The molecule has 0 aliphatic heterocycles. The molecule has 0 atom stereocenters. The number of nitrogens with zero attached hydrogens (tertiary/aromatic N) is 1. The van der Waals surface area contributed by atoms with Crippen LogP contribution in [0.4, 0.5) is 4.39 Å². The van der Waals surface area contributed by atoms with Gasteiger partial charge in [-0.1, -0.05) is 18.2 Å². The molecule has 3 rings (SSSR count). The van der Waals surface area contributed by atoms with Gasteiger partial charge in [0.2, 0.25) is 5.91 Å². The molecule has 0 saturated heterocycles. The first-order valence-corrected chi connectivity index (χ1v) is 6.91. The molecule has 102 valence electrons. The Morgan fingerprint density at radius 2 is 2.05 bits per heavy atom. The number of hydrogen-bond donors (Lipinski definition) is 1. The molecule has 0 spiro atoms. The van der Waals surface area contributed by atoms with E-state index in [0.29, 0.717) is 18.7 Å². The van der Waals surface area contributed by atoms with Gasteiger partial charge in [0.1, 0.15) is 5.82 Å². The molecule has 0 aromatic heterocycles. The highest BCUT2D eigenvalue weighted by Crippen LogP contribution is 2.48. The van der Waals surface area contributed by atoms with E-state index in [-0.39, 0.29) is 23.2 Å². The fraction of sp³-hybridized carbons (Fsp3) is 0.533. The van der Waals surface area contributed by atoms with Crippen molar-refractivity contribution in [2.24, 2.45) is 11.1 Å². The van der Waals surface area contributed by atoms with Crippen molar-refractivity contribution in [3.8, 4) is 0 Å². The standard InChI is InChI=1S/C15H19FN2O/c16-13-4-2-1-3-11(13)9-18(12-5-6-12)14(19)15(10-17)7-8-15/h1-4,12H,5-10,17H2. The van der Waals surface area contributed by atoms with Crippen LogP contribution >= 0.6 is 0 Å². The molecular formula is C15H19FN2O. The highest BCUT2D eigenvalue weighted by atomic mass is 19.1. The van der Waals surface area contributed by atoms with Crippen LogP contribution in [-0.2, 0) is 11.3 Å². The third kappa shape index (κ3) is 2.37. The van der Waals surface area contributed by atoms with E-state index in [9.17, 15) is 9.18 Å². The Balaban J connectivity index is 1.79. The van der Waals surface area contributed by atoms with Crippen LogP contribution in [0, 0.1) is 11.2 Å². The third-order valence-corrected chi connectivity index (χ3v) is 4.25. The van der Waals surface area contributed by atoms with Crippen molar-refractivity contribution < 1.29 is 9.18 Å². The lowest BCUT2D eigenvalue weighted by atomic mass is 10.0. The summed E-state index contributed by atoms with van der Waals surface area (Å²) in [6, 6.07) is 6.96. The van der Waals surface area contributed by atoms with Crippen LogP contribution in [0.1, 0.15) is 31.2 Å². The molecule has 0 heterocycles. The number of carbonyl (C=O) groups excluding carboxylic acids is 1. The lowest BCUT2D eigenvalue weighted by Crippen LogP contribution is -2.41. The number of amides is 1. The number of benzene rings is 1. The normalized spacial score (nSPS) is 20.1. The lowest BCUT2D eigenvalue weighted by molar-refractivity contribution is -0.138. The highest BCUT2D eigenvalue weighted by Gasteiger charge is 2.52. The monoisotopic (exact) mass is 262 g/mol. The minimum absolute atomic E-state index is 0.126. The van der Waals surface area contributed by atoms with Crippen LogP contribution in [0.5, 0.6) is 0 Å². The Labute approximate surface area is 112 Å². The van der Waals surface area contributed by atoms with Gasteiger partial charge < -0.3 is 10.6 Å². The molecule has 0 radical (unpaired) electrons. The molecule has 0 bridgehead atoms. The van der Waals surface area contributed by atoms with Crippen molar-refractivity contribution in [1.82, 2.24) is 4.90 Å². The Hall–Kier alpha value is -1.42. The Kier molecular flexibility index (Phi) is 3.05. The SMILES string of the molecule is NCC1(C(=O)N(Cc2ccccc2F)C2CC2)CC1. The topological polar surface area (TPSA) is 46.3 Å². The van der Waals surface area contributed by atoms with Crippen molar-refractivity contribution in [1.29, 1.82) is 0 Å². The van der Waals surface area contributed by atoms with Gasteiger partial charge in [-0.3, -0.25) is 4.79 Å². The van der Waals surface area contributed by atoms with Crippen molar-refractivity contribution in [3.05, 3.63) is 35.6 Å². The van der Waals surface area contributed by atoms with E-state index in [4.69, 9.17) is 5.73 Å². The largest absolute Gasteiger partial charge is 0.335 e. The first-order valence-electron chi connectivity index (χ1n) is 6.91. The first-order chi connectivity index (χ1) is 9.16. The summed E-state index contributed by atoms with van der Waals surface area (Å²) in [6.07, 6.45) is 3.81. The van der Waals surface area contributed by atoms with Crippen molar-refractivity contribution in [2.45, 2.75) is 38.3 Å². The predicted molar refractivity (Wildman–Crippen MR) is 70.7 cm³/mol. The smallest absolute Gasteiger partial charge is 0.230 e. The maximum Gasteiger partial charge on any atom is 0.230 e. The van der Waals surface area contributed by atoms with Gasteiger partial charge in [0.15, 0.2) is 0 Å². The number of halogens is 1. The molecule has 2 fully saturated rings. The Morgan fingerprint density at radius 3 is 2.58 bits per heavy atom. The number of nitrogens with two attached hydrogens (primary N) is 1. The highest BCUT2D eigenvalue weighted by molar-refractivity contribution is 5.86. The van der Waals surface area contributed by atoms with E-state index < -0.39 is 0 Å². The van der Waals surface area contributed by atoms with Crippen molar-refractivity contribution >= 4 is 5.91 Å². The molecule has 0 unspecified atom stereocenters. The van der Waals surface area contributed by atoms with Gasteiger partial charge in [-0.2, -0.15) is 0 Å². The average Bonchev–Trinajstić information content (AvgIpc) is 3.29. The molecule has 1 aromatic rings. The van der Waals surface area contributed by atoms with Crippen LogP contribution < -0.4 is 5.73 Å². The molecule has 19 heavy (non-hydrogen) atoms. The van der Waals surface area contributed by atoms with E-state index >= 15 is 0 Å². The van der Waals surface area contributed by atoms with Gasteiger partial charge >= 0.3 is 0 Å². The molecule has 1 amide bonds. The van der Waals surface area contributed by atoms with Crippen LogP contribution in [0.25, 0.3) is 0 Å². The van der Waals surface area contributed by atoms with E-state index in [2.05, 4.69) is 0 Å². The summed E-state index contributed by atoms with van der Waals surface area (Å²) in [7, 11) is 0. The summed E-state index contributed by atoms with van der Waals surface area (Å²) in [4.78, 5) is 14.4. The predicted octanol–water partition coefficient (Wildman–Crippen LogP) is 2.06. The van der Waals surface area contributed by atoms with Crippen LogP contribution in [0.3, 0.4) is 0 Å². The van der Waals surface area contributed by atoms with Crippen LogP contribution in [0.15, 0.2) is 24.3 Å². The summed E-state index contributed by atoms with van der Waals surface area (Å²) in [5, 5.41) is 0. The van der Waals surface area contributed by atoms with Gasteiger partial charge in [-0.15, -0.1) is 0 Å². The van der Waals surface area contributed by atoms with E-state index in [0.717, 1.165) is 25.7 Å². The molecule has 2 N–H and O–H groups in total. The molecule has 2 aliphatic carbocycles. The fourth-order valence-corrected chi connectivity index (χ4v) is 2.52. The maximum atomic E-state index is 13.7. The number of rotatable bonds is 5. The Morgan fingerprint density at radius 1 is 1.37 bits per heavy atom. The second kappa shape index (κ2) is 4.60. The van der Waals surface area contributed by atoms with Gasteiger partial charge in [0.25, 0.3) is 0 Å². The summed E-state index contributed by atoms with van der Waals surface area (Å²) < 4.78 is 13.7. The number of carbonyl (C=O) groups is 1. The second-order valence-corrected chi connectivity index (χ2v) is 5.74. The second-order valence-electron chi connectivity index (χ2n) is 5.74. The minimum Gasteiger partial charge on any atom is -0.335 e. The number of hydrogen-bond acceptors (Lipinski definition) is 2. The average molecular weight is 262 g/mol. The van der Waals surface area contributed by atoms with Crippen LogP contribution in [0.2, 0.25) is 0 Å². The molecule has 4 heteroatoms. The molecule has 2 aliphatic rings. The molecule has 1 aromatic carbocycles. The van der Waals surface area contributed by atoms with E-state index in [1.54, 1.807) is 12.1 Å². The fourth-order valence-electron chi connectivity index (χ4n) is 2.52. The molecule has 3 nitrogen and oxygen atoms in total. The zero-order valence-corrected chi connectivity index (χ0v) is 10.9. The summed E-state index contributed by atoms with van der Waals surface area (Å²) in [5.41, 5.74) is 5.98. The van der Waals surface area contributed by atoms with Gasteiger partial charge in [0.05, 0.1) is 5.41 Å². The van der Waals surface area contributed by atoms with E-state index in [1.807, 2.05) is 11.0 Å². The third-order valence-electron chi connectivity index (χ3n) is 4.25. The minimum atomic E-state index is -0.339. The van der Waals surface area contributed by atoms with Crippen LogP contribution in [-0.4, -0.2) is 23.4 Å². The lowest BCUT2D eigenvalue weighted by Gasteiger charge is -2.27. The quantitative estimate of drug-likeness (QED) is 0.883. The zero-order chi connectivity index (χ0) is 13.5. The van der Waals surface area contributed by atoms with Crippen molar-refractivity contribution in [2.75, 3.05) is 6.54 Å². The molecular weight excluding hydrogens is 243 g/mol. The summed E-state index contributed by atoms with van der Waals surface area (Å²) >= 11 is 0. The zero-order valence-electron chi connectivity index (χ0n) is 10.9. The first kappa shape index (κ1) is 12.6. The molecule has 2 saturated carbocycles. The van der Waals surface area contributed by atoms with Gasteiger partial charge in [0, 0.05) is 24.7 Å². The van der Waals surface area contributed by atoms with Gasteiger partial charge in [-0.05, 0) is 31.7 Å². The Bertz CT molecular complexity index is 495. The van der Waals surface area contributed by atoms with E-state index in [1.165, 1.54) is 6.07 Å². The summed E-state index contributed by atoms with van der Waals surface area (Å²) in [5.74, 6) is -0.112.